The van der Waals surface area contributed by atoms with E-state index in [1.165, 1.54) is 0 Å². The van der Waals surface area contributed by atoms with Gasteiger partial charge < -0.3 is 10.1 Å². The first kappa shape index (κ1) is 13.0. The summed E-state index contributed by atoms with van der Waals surface area (Å²) in [6.45, 7) is 8.12. The van der Waals surface area contributed by atoms with E-state index in [1.54, 1.807) is 24.5 Å². The highest BCUT2D eigenvalue weighted by Crippen LogP contribution is 2.37. The maximum Gasteiger partial charge on any atom is 0.251 e. The maximum absolute atomic E-state index is 12.1. The van der Waals surface area contributed by atoms with Crippen molar-refractivity contribution < 1.29 is 9.53 Å². The van der Waals surface area contributed by atoms with Crippen molar-refractivity contribution in [2.75, 3.05) is 0 Å². The lowest BCUT2D eigenvalue weighted by molar-refractivity contribution is -0.0693. The molecule has 1 fully saturated rings. The topological polar surface area (TPSA) is 51.2 Å². The minimum atomic E-state index is -0.341. The highest BCUT2D eigenvalue weighted by atomic mass is 16.5. The fourth-order valence-electron chi connectivity index (χ4n) is 2.53. The van der Waals surface area contributed by atoms with Gasteiger partial charge in [0.15, 0.2) is 0 Å². The molecule has 18 heavy (non-hydrogen) atoms. The molecule has 0 aromatic carbocycles. The zero-order valence-corrected chi connectivity index (χ0v) is 11.4. The number of ether oxygens (including phenoxy) is 1. The third-order valence-electron chi connectivity index (χ3n) is 3.32. The van der Waals surface area contributed by atoms with Gasteiger partial charge in [0.05, 0.1) is 17.2 Å². The number of pyridine rings is 1. The van der Waals surface area contributed by atoms with Crippen LogP contribution in [-0.2, 0) is 4.74 Å². The van der Waals surface area contributed by atoms with Crippen LogP contribution in [0.1, 0.15) is 44.5 Å². The Morgan fingerprint density at radius 2 is 1.94 bits per heavy atom. The van der Waals surface area contributed by atoms with Crippen molar-refractivity contribution in [1.82, 2.24) is 10.3 Å². The van der Waals surface area contributed by atoms with Crippen molar-refractivity contribution in [3.63, 3.8) is 0 Å². The predicted molar refractivity (Wildman–Crippen MR) is 69.4 cm³/mol. The normalized spacial score (nSPS) is 24.8. The van der Waals surface area contributed by atoms with E-state index in [-0.39, 0.29) is 23.2 Å². The molecule has 1 atom stereocenters. The number of aromatic nitrogens is 1. The molecule has 0 spiro atoms. The Hall–Kier alpha value is -1.42. The Morgan fingerprint density at radius 1 is 1.33 bits per heavy atom. The summed E-state index contributed by atoms with van der Waals surface area (Å²) in [5.74, 6) is -0.0724. The number of nitrogens with zero attached hydrogens (tertiary/aromatic N) is 1. The van der Waals surface area contributed by atoms with Gasteiger partial charge >= 0.3 is 0 Å². The largest absolute Gasteiger partial charge is 0.367 e. The highest BCUT2D eigenvalue weighted by Gasteiger charge is 2.46. The zero-order valence-electron chi connectivity index (χ0n) is 11.4. The lowest BCUT2D eigenvalue weighted by Gasteiger charge is -2.27. The van der Waals surface area contributed by atoms with E-state index in [2.05, 4.69) is 10.3 Å². The van der Waals surface area contributed by atoms with Crippen LogP contribution in [0.15, 0.2) is 24.5 Å². The summed E-state index contributed by atoms with van der Waals surface area (Å²) >= 11 is 0. The summed E-state index contributed by atoms with van der Waals surface area (Å²) in [7, 11) is 0. The quantitative estimate of drug-likeness (QED) is 0.872. The van der Waals surface area contributed by atoms with Crippen molar-refractivity contribution in [2.45, 2.75) is 51.4 Å². The molecule has 1 N–H and O–H groups in total. The number of carbonyl (C=O) groups excluding carboxylic acids is 1. The van der Waals surface area contributed by atoms with Gasteiger partial charge in [0.1, 0.15) is 0 Å². The van der Waals surface area contributed by atoms with E-state index in [1.807, 2.05) is 27.7 Å². The van der Waals surface area contributed by atoms with E-state index < -0.39 is 0 Å². The van der Waals surface area contributed by atoms with Crippen molar-refractivity contribution in [3.8, 4) is 0 Å². The van der Waals surface area contributed by atoms with Gasteiger partial charge in [-0.2, -0.15) is 0 Å². The molecule has 98 valence electrons. The van der Waals surface area contributed by atoms with Gasteiger partial charge in [-0.25, -0.2) is 0 Å². The van der Waals surface area contributed by atoms with Crippen LogP contribution in [0.2, 0.25) is 0 Å². The van der Waals surface area contributed by atoms with Crippen molar-refractivity contribution >= 4 is 5.91 Å². The number of rotatable bonds is 2. The second-order valence-electron chi connectivity index (χ2n) is 5.93. The number of nitrogens with one attached hydrogen (secondary N) is 1. The fraction of sp³-hybridized carbons (Fsp3) is 0.571. The van der Waals surface area contributed by atoms with Gasteiger partial charge in [-0.05, 0) is 46.2 Å². The number of hydrogen-bond acceptors (Lipinski definition) is 3. The Labute approximate surface area is 108 Å². The average molecular weight is 248 g/mol. The second-order valence-corrected chi connectivity index (χ2v) is 5.93. The molecule has 4 nitrogen and oxygen atoms in total. The van der Waals surface area contributed by atoms with E-state index in [0.717, 1.165) is 6.42 Å². The lowest BCUT2D eigenvalue weighted by Crippen LogP contribution is -2.46. The van der Waals surface area contributed by atoms with E-state index >= 15 is 0 Å². The molecule has 0 unspecified atom stereocenters. The molecule has 1 aromatic rings. The molecule has 2 heterocycles. The Balaban J connectivity index is 2.09. The average Bonchev–Trinajstić information content (AvgIpc) is 2.48. The molecule has 0 radical (unpaired) electrons. The summed E-state index contributed by atoms with van der Waals surface area (Å²) in [6, 6.07) is 3.44. The van der Waals surface area contributed by atoms with Gasteiger partial charge in [0, 0.05) is 18.0 Å². The van der Waals surface area contributed by atoms with Crippen molar-refractivity contribution in [1.29, 1.82) is 0 Å². The van der Waals surface area contributed by atoms with Crippen LogP contribution >= 0.6 is 0 Å². The molecule has 0 aliphatic carbocycles. The minimum absolute atomic E-state index is 0.0214. The first-order valence-corrected chi connectivity index (χ1v) is 6.21. The SMILES string of the molecule is CC1(C)C[C@@H](NC(=O)c2ccncc2)C(C)(C)O1. The summed E-state index contributed by atoms with van der Waals surface area (Å²) in [5.41, 5.74) is 0.0943. The number of hydrogen-bond donors (Lipinski definition) is 1. The Morgan fingerprint density at radius 3 is 2.44 bits per heavy atom. The Bertz CT molecular complexity index is 440. The van der Waals surface area contributed by atoms with Gasteiger partial charge in [0.25, 0.3) is 5.91 Å². The molecule has 0 saturated carbocycles. The standard InChI is InChI=1S/C14H20N2O2/c1-13(2)9-11(14(3,4)18-13)16-12(17)10-5-7-15-8-6-10/h5-8,11H,9H2,1-4H3,(H,16,17)/t11-/m1/s1. The van der Waals surface area contributed by atoms with Crippen molar-refractivity contribution in [3.05, 3.63) is 30.1 Å². The van der Waals surface area contributed by atoms with Gasteiger partial charge in [0.2, 0.25) is 0 Å². The molecule has 1 aromatic heterocycles. The monoisotopic (exact) mass is 248 g/mol. The summed E-state index contributed by atoms with van der Waals surface area (Å²) in [5, 5.41) is 3.05. The van der Waals surface area contributed by atoms with Crippen LogP contribution in [0.5, 0.6) is 0 Å². The fourth-order valence-corrected chi connectivity index (χ4v) is 2.53. The third-order valence-corrected chi connectivity index (χ3v) is 3.32. The molecule has 1 saturated heterocycles. The van der Waals surface area contributed by atoms with Crippen LogP contribution in [0.25, 0.3) is 0 Å². The van der Waals surface area contributed by atoms with E-state index in [4.69, 9.17) is 4.74 Å². The van der Waals surface area contributed by atoms with E-state index in [0.29, 0.717) is 5.56 Å². The molecular weight excluding hydrogens is 228 g/mol. The lowest BCUT2D eigenvalue weighted by atomic mass is 9.94. The maximum atomic E-state index is 12.1. The second kappa shape index (κ2) is 4.35. The number of amides is 1. The van der Waals surface area contributed by atoms with Crippen LogP contribution in [0, 0.1) is 0 Å². The summed E-state index contributed by atoms with van der Waals surface area (Å²) in [6.07, 6.45) is 4.06. The number of carbonyl (C=O) groups is 1. The van der Waals surface area contributed by atoms with Crippen LogP contribution in [0.4, 0.5) is 0 Å². The van der Waals surface area contributed by atoms with Gasteiger partial charge in [-0.3, -0.25) is 9.78 Å². The third kappa shape index (κ3) is 2.70. The highest BCUT2D eigenvalue weighted by molar-refractivity contribution is 5.94. The van der Waals surface area contributed by atoms with Crippen LogP contribution in [-0.4, -0.2) is 28.1 Å². The molecule has 0 bridgehead atoms. The molecule has 1 aliphatic rings. The minimum Gasteiger partial charge on any atom is -0.367 e. The van der Waals surface area contributed by atoms with E-state index in [9.17, 15) is 4.79 Å². The van der Waals surface area contributed by atoms with Crippen molar-refractivity contribution in [2.24, 2.45) is 0 Å². The summed E-state index contributed by atoms with van der Waals surface area (Å²) < 4.78 is 5.96. The summed E-state index contributed by atoms with van der Waals surface area (Å²) in [4.78, 5) is 16.0. The molecule has 2 rings (SSSR count). The molecule has 1 amide bonds. The Kier molecular flexibility index (Phi) is 3.15. The van der Waals surface area contributed by atoms with Crippen LogP contribution in [0.3, 0.4) is 0 Å². The van der Waals surface area contributed by atoms with Gasteiger partial charge in [-0.1, -0.05) is 0 Å². The molecule has 4 heteroatoms. The first-order valence-electron chi connectivity index (χ1n) is 6.21. The van der Waals surface area contributed by atoms with Gasteiger partial charge in [-0.15, -0.1) is 0 Å². The van der Waals surface area contributed by atoms with Crippen LogP contribution < -0.4 is 5.32 Å². The smallest absolute Gasteiger partial charge is 0.251 e. The molecular formula is C14H20N2O2. The predicted octanol–water partition coefficient (Wildman–Crippen LogP) is 2.16. The zero-order chi connectivity index (χ0) is 13.4. The first-order chi connectivity index (χ1) is 8.30. The molecule has 1 aliphatic heterocycles.